The van der Waals surface area contributed by atoms with Gasteiger partial charge in [-0.1, -0.05) is 12.1 Å². The van der Waals surface area contributed by atoms with E-state index in [0.29, 0.717) is 25.6 Å². The van der Waals surface area contributed by atoms with Crippen molar-refractivity contribution in [3.63, 3.8) is 0 Å². The Labute approximate surface area is 108 Å². The van der Waals surface area contributed by atoms with Gasteiger partial charge in [0.25, 0.3) is 0 Å². The van der Waals surface area contributed by atoms with E-state index in [0.717, 1.165) is 13.1 Å². The molecule has 1 amide bonds. The van der Waals surface area contributed by atoms with Crippen molar-refractivity contribution >= 4 is 11.7 Å². The van der Waals surface area contributed by atoms with Crippen molar-refractivity contribution in [1.29, 1.82) is 0 Å². The lowest BCUT2D eigenvalue weighted by Gasteiger charge is -2.38. The average molecular weight is 256 g/mol. The monoisotopic (exact) mass is 256 g/mol. The minimum absolute atomic E-state index is 0.00814. The summed E-state index contributed by atoms with van der Waals surface area (Å²) in [5.41, 5.74) is 5.55. The molecule has 3 N–H and O–H groups in total. The molecule has 18 heavy (non-hydrogen) atoms. The van der Waals surface area contributed by atoms with Gasteiger partial charge in [-0.2, -0.15) is 0 Å². The summed E-state index contributed by atoms with van der Waals surface area (Å²) in [6.07, 6.45) is 0.555. The number of amides is 1. The largest absolute Gasteiger partial charge is 0.409 e. The Morgan fingerprint density at radius 3 is 2.28 bits per heavy atom. The molecule has 0 aromatic rings. The fourth-order valence-corrected chi connectivity index (χ4v) is 2.26. The number of hydrogen-bond acceptors (Lipinski definition) is 4. The minimum Gasteiger partial charge on any atom is -0.409 e. The third-order valence-corrected chi connectivity index (χ3v) is 3.54. The van der Waals surface area contributed by atoms with Crippen LogP contribution in [0.15, 0.2) is 5.16 Å². The van der Waals surface area contributed by atoms with E-state index in [4.69, 9.17) is 10.9 Å². The zero-order valence-corrected chi connectivity index (χ0v) is 11.5. The van der Waals surface area contributed by atoms with E-state index in [2.05, 4.69) is 23.9 Å². The van der Waals surface area contributed by atoms with Crippen LogP contribution in [0.25, 0.3) is 0 Å². The van der Waals surface area contributed by atoms with Crippen molar-refractivity contribution < 1.29 is 10.0 Å². The van der Waals surface area contributed by atoms with Crippen LogP contribution in [0.5, 0.6) is 0 Å². The van der Waals surface area contributed by atoms with E-state index in [1.54, 1.807) is 0 Å². The van der Waals surface area contributed by atoms with E-state index in [-0.39, 0.29) is 11.7 Å². The third kappa shape index (κ3) is 3.35. The van der Waals surface area contributed by atoms with Gasteiger partial charge in [-0.15, -0.1) is 0 Å². The number of hydrogen-bond donors (Lipinski definition) is 2. The number of amidine groups is 1. The van der Waals surface area contributed by atoms with E-state index in [1.165, 1.54) is 0 Å². The second-order valence-electron chi connectivity index (χ2n) is 4.94. The van der Waals surface area contributed by atoms with E-state index in [9.17, 15) is 4.79 Å². The number of rotatable bonds is 4. The number of nitrogens with zero attached hydrogens (tertiary/aromatic N) is 3. The lowest BCUT2D eigenvalue weighted by Crippen LogP contribution is -2.53. The van der Waals surface area contributed by atoms with Crippen LogP contribution in [0.1, 0.15) is 27.2 Å². The molecule has 1 unspecified atom stereocenters. The number of carbonyl (C=O) groups excluding carboxylic acids is 1. The third-order valence-electron chi connectivity index (χ3n) is 3.54. The Bertz CT molecular complexity index is 309. The van der Waals surface area contributed by atoms with Gasteiger partial charge in [-0.3, -0.25) is 9.69 Å². The van der Waals surface area contributed by atoms with Gasteiger partial charge >= 0.3 is 0 Å². The summed E-state index contributed by atoms with van der Waals surface area (Å²) in [7, 11) is 0. The standard InChI is InChI=1S/C12H24N4O2/c1-4-10(11(13)14-18)12(17)16-7-5-15(6-8-16)9(2)3/h9-10,18H,4-8H2,1-3H3,(H2,13,14). The summed E-state index contributed by atoms with van der Waals surface area (Å²) in [4.78, 5) is 16.4. The zero-order valence-electron chi connectivity index (χ0n) is 11.5. The first-order valence-electron chi connectivity index (χ1n) is 6.51. The lowest BCUT2D eigenvalue weighted by molar-refractivity contribution is -0.135. The molecular formula is C12H24N4O2. The summed E-state index contributed by atoms with van der Waals surface area (Å²) in [5.74, 6) is -0.523. The van der Waals surface area contributed by atoms with Gasteiger partial charge in [-0.25, -0.2) is 0 Å². The van der Waals surface area contributed by atoms with E-state index in [1.807, 2.05) is 11.8 Å². The van der Waals surface area contributed by atoms with Crippen molar-refractivity contribution in [2.45, 2.75) is 33.2 Å². The molecule has 1 atom stereocenters. The molecule has 0 aromatic heterocycles. The molecular weight excluding hydrogens is 232 g/mol. The molecule has 0 aromatic carbocycles. The zero-order chi connectivity index (χ0) is 13.7. The smallest absolute Gasteiger partial charge is 0.233 e. The molecule has 6 heteroatoms. The van der Waals surface area contributed by atoms with Crippen molar-refractivity contribution in [2.75, 3.05) is 26.2 Å². The second-order valence-corrected chi connectivity index (χ2v) is 4.94. The van der Waals surface area contributed by atoms with E-state index < -0.39 is 5.92 Å². The Hall–Kier alpha value is -1.30. The lowest BCUT2D eigenvalue weighted by atomic mass is 10.0. The highest BCUT2D eigenvalue weighted by atomic mass is 16.4. The molecule has 1 saturated heterocycles. The normalized spacial score (nSPS) is 20.2. The number of carbonyl (C=O) groups is 1. The highest BCUT2D eigenvalue weighted by Crippen LogP contribution is 2.12. The number of piperazine rings is 1. The van der Waals surface area contributed by atoms with Gasteiger partial charge in [-0.05, 0) is 20.3 Å². The van der Waals surface area contributed by atoms with Crippen LogP contribution in [-0.2, 0) is 4.79 Å². The maximum atomic E-state index is 12.2. The minimum atomic E-state index is -0.499. The van der Waals surface area contributed by atoms with Crippen molar-refractivity contribution in [1.82, 2.24) is 9.80 Å². The topological polar surface area (TPSA) is 82.2 Å². The summed E-state index contributed by atoms with van der Waals surface area (Å²) in [6.45, 7) is 9.38. The van der Waals surface area contributed by atoms with Crippen LogP contribution >= 0.6 is 0 Å². The SMILES string of the molecule is CCC(C(=O)N1CCN(C(C)C)CC1)/C(N)=N/O. The fraction of sp³-hybridized carbons (Fsp3) is 0.833. The quantitative estimate of drug-likeness (QED) is 0.328. The Morgan fingerprint density at radius 1 is 1.33 bits per heavy atom. The molecule has 0 saturated carbocycles. The van der Waals surface area contributed by atoms with Crippen molar-refractivity contribution in [3.05, 3.63) is 0 Å². The molecule has 1 aliphatic heterocycles. The highest BCUT2D eigenvalue weighted by molar-refractivity contribution is 6.02. The maximum Gasteiger partial charge on any atom is 0.233 e. The van der Waals surface area contributed by atoms with Crippen molar-refractivity contribution in [2.24, 2.45) is 16.8 Å². The van der Waals surface area contributed by atoms with Gasteiger partial charge in [0.1, 0.15) is 0 Å². The molecule has 0 bridgehead atoms. The molecule has 0 aliphatic carbocycles. The van der Waals surface area contributed by atoms with Crippen LogP contribution < -0.4 is 5.73 Å². The van der Waals surface area contributed by atoms with Crippen LogP contribution in [0.4, 0.5) is 0 Å². The molecule has 0 spiro atoms. The molecule has 1 fully saturated rings. The predicted octanol–water partition coefficient (Wildman–Crippen LogP) is 0.312. The fourth-order valence-electron chi connectivity index (χ4n) is 2.26. The van der Waals surface area contributed by atoms with E-state index >= 15 is 0 Å². The first-order chi connectivity index (χ1) is 8.51. The van der Waals surface area contributed by atoms with Gasteiger partial charge in [0.05, 0.1) is 5.92 Å². The Balaban J connectivity index is 2.59. The Kier molecular flexibility index (Phi) is 5.40. The molecule has 1 heterocycles. The molecule has 0 radical (unpaired) electrons. The van der Waals surface area contributed by atoms with Gasteiger partial charge in [0.2, 0.25) is 5.91 Å². The molecule has 104 valence electrons. The predicted molar refractivity (Wildman–Crippen MR) is 70.5 cm³/mol. The van der Waals surface area contributed by atoms with Gasteiger partial charge in [0, 0.05) is 32.2 Å². The maximum absolute atomic E-state index is 12.2. The highest BCUT2D eigenvalue weighted by Gasteiger charge is 2.29. The van der Waals surface area contributed by atoms with Crippen LogP contribution in [0.2, 0.25) is 0 Å². The summed E-state index contributed by atoms with van der Waals surface area (Å²) in [5, 5.41) is 11.6. The number of oxime groups is 1. The second kappa shape index (κ2) is 6.58. The summed E-state index contributed by atoms with van der Waals surface area (Å²) < 4.78 is 0. The Morgan fingerprint density at radius 2 is 1.89 bits per heavy atom. The van der Waals surface area contributed by atoms with Crippen molar-refractivity contribution in [3.8, 4) is 0 Å². The van der Waals surface area contributed by atoms with Gasteiger partial charge < -0.3 is 15.8 Å². The van der Waals surface area contributed by atoms with Crippen LogP contribution in [0.3, 0.4) is 0 Å². The molecule has 6 nitrogen and oxygen atoms in total. The average Bonchev–Trinajstić information content (AvgIpc) is 2.39. The number of nitrogens with two attached hydrogens (primary N) is 1. The molecule has 1 aliphatic rings. The first kappa shape index (κ1) is 14.8. The summed E-state index contributed by atoms with van der Waals surface area (Å²) >= 11 is 0. The first-order valence-corrected chi connectivity index (χ1v) is 6.51. The summed E-state index contributed by atoms with van der Waals surface area (Å²) in [6, 6.07) is 0.508. The van der Waals surface area contributed by atoms with Gasteiger partial charge in [0.15, 0.2) is 5.84 Å². The van der Waals surface area contributed by atoms with Crippen LogP contribution in [0, 0.1) is 5.92 Å². The molecule has 1 rings (SSSR count). The van der Waals surface area contributed by atoms with Crippen LogP contribution in [-0.4, -0.2) is 59.0 Å².